The number of carbonyl (C=O) groups is 1. The van der Waals surface area contributed by atoms with Gasteiger partial charge in [-0.3, -0.25) is 4.79 Å². The van der Waals surface area contributed by atoms with Gasteiger partial charge in [-0.05, 0) is 45.6 Å². The molecule has 2 aromatic rings. The van der Waals surface area contributed by atoms with Gasteiger partial charge in [0, 0.05) is 28.9 Å². The Morgan fingerprint density at radius 1 is 1.38 bits per heavy atom. The predicted molar refractivity (Wildman–Crippen MR) is 87.7 cm³/mol. The minimum absolute atomic E-state index is 0.0902. The van der Waals surface area contributed by atoms with Crippen molar-refractivity contribution in [3.05, 3.63) is 23.3 Å². The van der Waals surface area contributed by atoms with Gasteiger partial charge in [-0.25, -0.2) is 9.50 Å². The molecule has 2 aliphatic heterocycles. The summed E-state index contributed by atoms with van der Waals surface area (Å²) in [4.78, 5) is 23.7. The van der Waals surface area contributed by atoms with Crippen molar-refractivity contribution in [2.45, 2.75) is 58.5 Å². The van der Waals surface area contributed by atoms with Gasteiger partial charge in [0.25, 0.3) is 11.7 Å². The number of carbonyl (C=O) groups excluding carboxylic acids is 1. The molecule has 3 atom stereocenters. The summed E-state index contributed by atoms with van der Waals surface area (Å²) in [6.07, 6.45) is 3.71. The highest BCUT2D eigenvalue weighted by molar-refractivity contribution is 5.92. The third-order valence-electron chi connectivity index (χ3n) is 5.91. The number of hydrogen-bond acceptors (Lipinski definition) is 5. The van der Waals surface area contributed by atoms with Crippen molar-refractivity contribution < 1.29 is 9.90 Å². The van der Waals surface area contributed by atoms with Crippen LogP contribution in [0.4, 0.5) is 0 Å². The van der Waals surface area contributed by atoms with Crippen molar-refractivity contribution in [2.75, 3.05) is 6.61 Å². The highest BCUT2D eigenvalue weighted by Crippen LogP contribution is 2.51. The van der Waals surface area contributed by atoms with Crippen LogP contribution in [0, 0.1) is 19.3 Å². The summed E-state index contributed by atoms with van der Waals surface area (Å²) in [7, 11) is 0. The summed E-state index contributed by atoms with van der Waals surface area (Å²) in [6.45, 7) is 6.06. The second kappa shape index (κ2) is 5.24. The maximum Gasteiger partial charge on any atom is 0.294 e. The summed E-state index contributed by atoms with van der Waals surface area (Å²) in [5, 5.41) is 14.3. The molecule has 7 heteroatoms. The number of amides is 1. The normalized spacial score (nSPS) is 28.9. The van der Waals surface area contributed by atoms with Crippen LogP contribution >= 0.6 is 0 Å². The van der Waals surface area contributed by atoms with Crippen LogP contribution in [0.15, 0.2) is 6.07 Å². The second-order valence-corrected chi connectivity index (χ2v) is 7.22. The molecule has 2 fully saturated rings. The maximum atomic E-state index is 13.1. The molecule has 24 heavy (non-hydrogen) atoms. The first-order valence-electron chi connectivity index (χ1n) is 8.63. The van der Waals surface area contributed by atoms with E-state index < -0.39 is 0 Å². The number of rotatable bonds is 3. The van der Waals surface area contributed by atoms with E-state index in [1.807, 2.05) is 24.8 Å². The molecule has 0 unspecified atom stereocenters. The van der Waals surface area contributed by atoms with E-state index in [0.717, 1.165) is 37.1 Å². The first kappa shape index (κ1) is 15.5. The van der Waals surface area contributed by atoms with Crippen LogP contribution in [-0.4, -0.2) is 54.2 Å². The van der Waals surface area contributed by atoms with Gasteiger partial charge < -0.3 is 10.0 Å². The van der Waals surface area contributed by atoms with Crippen molar-refractivity contribution in [3.8, 4) is 0 Å². The van der Waals surface area contributed by atoms with Crippen LogP contribution in [0.2, 0.25) is 0 Å². The highest BCUT2D eigenvalue weighted by Gasteiger charge is 2.56. The number of aliphatic hydroxyl groups is 1. The first-order chi connectivity index (χ1) is 11.5. The average molecular weight is 329 g/mol. The first-order valence-corrected chi connectivity index (χ1v) is 8.63. The van der Waals surface area contributed by atoms with Crippen molar-refractivity contribution in [3.63, 3.8) is 0 Å². The van der Waals surface area contributed by atoms with Crippen molar-refractivity contribution >= 4 is 11.7 Å². The number of aromatic nitrogens is 4. The lowest BCUT2D eigenvalue weighted by Gasteiger charge is -2.34. The van der Waals surface area contributed by atoms with E-state index in [-0.39, 0.29) is 35.8 Å². The molecule has 128 valence electrons. The van der Waals surface area contributed by atoms with Crippen molar-refractivity contribution in [2.24, 2.45) is 5.41 Å². The SMILES string of the molecule is CC[C@]1(CO)C[C@H]2CC[C@@H]1N2C(=O)c1nc2nc(C)cc(C)n2n1. The minimum Gasteiger partial charge on any atom is -0.396 e. The zero-order valence-electron chi connectivity index (χ0n) is 14.4. The Bertz CT molecular complexity index is 811. The maximum absolute atomic E-state index is 13.1. The van der Waals surface area contributed by atoms with Gasteiger partial charge in [-0.15, -0.1) is 5.10 Å². The van der Waals surface area contributed by atoms with Gasteiger partial charge in [-0.2, -0.15) is 4.98 Å². The summed E-state index contributed by atoms with van der Waals surface area (Å²) in [5.74, 6) is 0.540. The zero-order valence-corrected chi connectivity index (χ0v) is 14.4. The summed E-state index contributed by atoms with van der Waals surface area (Å²) < 4.78 is 1.62. The largest absolute Gasteiger partial charge is 0.396 e. The van der Waals surface area contributed by atoms with Gasteiger partial charge in [0.15, 0.2) is 0 Å². The minimum atomic E-state index is -0.164. The molecule has 0 saturated carbocycles. The summed E-state index contributed by atoms with van der Waals surface area (Å²) in [5.41, 5.74) is 1.60. The van der Waals surface area contributed by atoms with Gasteiger partial charge in [0.1, 0.15) is 0 Å². The number of hydrogen-bond donors (Lipinski definition) is 1. The lowest BCUT2D eigenvalue weighted by atomic mass is 9.72. The molecule has 2 aromatic heterocycles. The summed E-state index contributed by atoms with van der Waals surface area (Å²) in [6, 6.07) is 2.20. The number of fused-ring (bicyclic) bond motifs is 3. The topological polar surface area (TPSA) is 83.6 Å². The number of aliphatic hydroxyl groups excluding tert-OH is 1. The van der Waals surface area contributed by atoms with Crippen LogP contribution in [0.3, 0.4) is 0 Å². The Kier molecular flexibility index (Phi) is 3.38. The fraction of sp³-hybridized carbons (Fsp3) is 0.647. The molecule has 0 aliphatic carbocycles. The van der Waals surface area contributed by atoms with Gasteiger partial charge in [0.2, 0.25) is 5.82 Å². The Labute approximate surface area is 140 Å². The predicted octanol–water partition coefficient (Wildman–Crippen LogP) is 1.51. The molecule has 1 N–H and O–H groups in total. The van der Waals surface area contributed by atoms with Crippen LogP contribution in [0.5, 0.6) is 0 Å². The Hall–Kier alpha value is -2.02. The Balaban J connectivity index is 1.71. The molecule has 7 nitrogen and oxygen atoms in total. The van der Waals surface area contributed by atoms with E-state index in [1.54, 1.807) is 4.52 Å². The monoisotopic (exact) mass is 329 g/mol. The molecule has 2 aliphatic rings. The highest BCUT2D eigenvalue weighted by atomic mass is 16.3. The van der Waals surface area contributed by atoms with E-state index in [9.17, 15) is 9.90 Å². The average Bonchev–Trinajstić information content (AvgIpc) is 3.24. The molecular formula is C17H23N5O2. The summed E-state index contributed by atoms with van der Waals surface area (Å²) >= 11 is 0. The fourth-order valence-electron chi connectivity index (χ4n) is 4.63. The van der Waals surface area contributed by atoms with Crippen molar-refractivity contribution in [1.82, 2.24) is 24.5 Å². The standard InChI is InChI=1S/C17H23N5O2/c1-4-17(9-23)8-12-5-6-13(17)21(12)15(24)14-19-16-18-10(2)7-11(3)22(16)20-14/h7,12-13,23H,4-6,8-9H2,1-3H3/t12-,13+,17-/m1/s1. The fourth-order valence-corrected chi connectivity index (χ4v) is 4.63. The Morgan fingerprint density at radius 2 is 2.17 bits per heavy atom. The molecule has 0 radical (unpaired) electrons. The van der Waals surface area contributed by atoms with Gasteiger partial charge >= 0.3 is 0 Å². The molecule has 2 saturated heterocycles. The van der Waals surface area contributed by atoms with E-state index in [0.29, 0.717) is 5.78 Å². The van der Waals surface area contributed by atoms with Crippen molar-refractivity contribution in [1.29, 1.82) is 0 Å². The zero-order chi connectivity index (χ0) is 17.1. The Morgan fingerprint density at radius 3 is 2.83 bits per heavy atom. The van der Waals surface area contributed by atoms with E-state index in [4.69, 9.17) is 0 Å². The number of nitrogens with zero attached hydrogens (tertiary/aromatic N) is 5. The molecule has 2 bridgehead atoms. The lowest BCUT2D eigenvalue weighted by molar-refractivity contribution is 0.0548. The third-order valence-corrected chi connectivity index (χ3v) is 5.91. The smallest absolute Gasteiger partial charge is 0.294 e. The van der Waals surface area contributed by atoms with E-state index in [2.05, 4.69) is 22.0 Å². The number of aryl methyl sites for hydroxylation is 2. The molecular weight excluding hydrogens is 306 g/mol. The molecule has 0 aromatic carbocycles. The second-order valence-electron chi connectivity index (χ2n) is 7.22. The molecule has 4 rings (SSSR count). The van der Waals surface area contributed by atoms with Crippen LogP contribution < -0.4 is 0 Å². The van der Waals surface area contributed by atoms with Crippen LogP contribution in [0.1, 0.15) is 54.6 Å². The van der Waals surface area contributed by atoms with Gasteiger partial charge in [-0.1, -0.05) is 6.92 Å². The van der Waals surface area contributed by atoms with E-state index >= 15 is 0 Å². The third kappa shape index (κ3) is 2.00. The van der Waals surface area contributed by atoms with Crippen LogP contribution in [-0.2, 0) is 0 Å². The van der Waals surface area contributed by atoms with Gasteiger partial charge in [0.05, 0.1) is 6.61 Å². The molecule has 0 spiro atoms. The lowest BCUT2D eigenvalue weighted by Crippen LogP contribution is -2.42. The van der Waals surface area contributed by atoms with Crippen LogP contribution in [0.25, 0.3) is 5.78 Å². The molecule has 1 amide bonds. The molecule has 4 heterocycles. The quantitative estimate of drug-likeness (QED) is 0.923. The van der Waals surface area contributed by atoms with E-state index in [1.165, 1.54) is 0 Å².